The number of likely N-dealkylation sites (N-methyl/N-ethyl adjacent to an activating group) is 1. The maximum atomic E-state index is 13.4. The van der Waals surface area contributed by atoms with Crippen LogP contribution in [-0.4, -0.2) is 70.8 Å². The van der Waals surface area contributed by atoms with E-state index in [4.69, 9.17) is 4.74 Å². The normalized spacial score (nSPS) is 18.8. The molecule has 0 aromatic carbocycles. The minimum atomic E-state index is -0.828. The van der Waals surface area contributed by atoms with Crippen molar-refractivity contribution in [3.63, 3.8) is 0 Å². The lowest BCUT2D eigenvalue weighted by molar-refractivity contribution is -0.148. The van der Waals surface area contributed by atoms with Crippen LogP contribution in [0.3, 0.4) is 0 Å². The van der Waals surface area contributed by atoms with Crippen LogP contribution in [0.4, 0.5) is 4.79 Å². The van der Waals surface area contributed by atoms with Crippen molar-refractivity contribution in [1.82, 2.24) is 15.1 Å². The van der Waals surface area contributed by atoms with E-state index in [9.17, 15) is 19.2 Å². The Kier molecular flexibility index (Phi) is 9.30. The summed E-state index contributed by atoms with van der Waals surface area (Å²) in [6, 6.07) is -2.01. The van der Waals surface area contributed by atoms with Crippen molar-refractivity contribution in [3.05, 3.63) is 0 Å². The average Bonchev–Trinajstić information content (AvgIpc) is 3.10. The first-order chi connectivity index (χ1) is 14.5. The van der Waals surface area contributed by atoms with Crippen molar-refractivity contribution in [1.29, 1.82) is 0 Å². The van der Waals surface area contributed by atoms with Gasteiger partial charge in [0.05, 0.1) is 6.04 Å². The van der Waals surface area contributed by atoms with E-state index < -0.39 is 35.2 Å². The van der Waals surface area contributed by atoms with E-state index in [1.165, 1.54) is 9.80 Å². The maximum Gasteiger partial charge on any atom is 0.408 e. The van der Waals surface area contributed by atoms with Gasteiger partial charge in [0.2, 0.25) is 11.8 Å². The second-order valence-corrected chi connectivity index (χ2v) is 11.3. The van der Waals surface area contributed by atoms with E-state index in [-0.39, 0.29) is 23.5 Å². The van der Waals surface area contributed by atoms with Crippen LogP contribution in [-0.2, 0) is 19.1 Å². The molecule has 8 heteroatoms. The number of amides is 3. The van der Waals surface area contributed by atoms with Crippen LogP contribution < -0.4 is 5.32 Å². The predicted molar refractivity (Wildman–Crippen MR) is 124 cm³/mol. The molecule has 1 aliphatic rings. The van der Waals surface area contributed by atoms with E-state index in [0.29, 0.717) is 25.8 Å². The molecule has 0 saturated carbocycles. The number of hydrogen-bond acceptors (Lipinski definition) is 5. The summed E-state index contributed by atoms with van der Waals surface area (Å²) in [5.41, 5.74) is -1.25. The first kappa shape index (κ1) is 27.9. The van der Waals surface area contributed by atoms with Gasteiger partial charge in [-0.1, -0.05) is 34.6 Å². The minimum absolute atomic E-state index is 0.0119. The molecule has 0 bridgehead atoms. The summed E-state index contributed by atoms with van der Waals surface area (Å²) in [6.45, 7) is 16.9. The Balaban J connectivity index is 2.97. The quantitative estimate of drug-likeness (QED) is 0.637. The number of alkyl carbamates (subject to hydrolysis) is 1. The SMILES string of the molecule is CC(C)CC(C(=O)C(C)(C)C)N(C)C(=O)C1CCCN1C(=O)[C@H](C)NC(=O)OC(C)(C)C. The van der Waals surface area contributed by atoms with Crippen LogP contribution in [0, 0.1) is 11.3 Å². The van der Waals surface area contributed by atoms with Crippen LogP contribution in [0.15, 0.2) is 0 Å². The summed E-state index contributed by atoms with van der Waals surface area (Å²) in [5, 5.41) is 2.56. The molecule has 184 valence electrons. The fourth-order valence-corrected chi connectivity index (χ4v) is 3.86. The van der Waals surface area contributed by atoms with Crippen LogP contribution in [0.5, 0.6) is 0 Å². The van der Waals surface area contributed by atoms with Gasteiger partial charge in [-0.2, -0.15) is 0 Å². The molecule has 0 radical (unpaired) electrons. The monoisotopic (exact) mass is 453 g/mol. The van der Waals surface area contributed by atoms with Crippen LogP contribution in [0.25, 0.3) is 0 Å². The van der Waals surface area contributed by atoms with Gasteiger partial charge in [0, 0.05) is 19.0 Å². The van der Waals surface area contributed by atoms with Gasteiger partial charge in [-0.05, 0) is 52.9 Å². The summed E-state index contributed by atoms with van der Waals surface area (Å²) < 4.78 is 5.23. The lowest BCUT2D eigenvalue weighted by Gasteiger charge is -2.36. The Bertz CT molecular complexity index is 705. The number of nitrogens with one attached hydrogen (secondary N) is 1. The summed E-state index contributed by atoms with van der Waals surface area (Å²) in [6.07, 6.45) is 1.12. The van der Waals surface area contributed by atoms with Gasteiger partial charge >= 0.3 is 6.09 Å². The number of nitrogens with zero attached hydrogens (tertiary/aromatic N) is 2. The molecule has 8 nitrogen and oxygen atoms in total. The highest BCUT2D eigenvalue weighted by Gasteiger charge is 2.42. The van der Waals surface area contributed by atoms with Gasteiger partial charge in [0.25, 0.3) is 0 Å². The van der Waals surface area contributed by atoms with Crippen LogP contribution in [0.1, 0.15) is 81.6 Å². The Labute approximate surface area is 193 Å². The lowest BCUT2D eigenvalue weighted by Crippen LogP contribution is -2.56. The fourth-order valence-electron chi connectivity index (χ4n) is 3.86. The van der Waals surface area contributed by atoms with Crippen LogP contribution >= 0.6 is 0 Å². The molecule has 1 heterocycles. The van der Waals surface area contributed by atoms with Gasteiger partial charge < -0.3 is 19.9 Å². The first-order valence-electron chi connectivity index (χ1n) is 11.6. The van der Waals surface area contributed by atoms with Gasteiger partial charge in [-0.25, -0.2) is 4.79 Å². The smallest absolute Gasteiger partial charge is 0.408 e. The zero-order valence-electron chi connectivity index (χ0n) is 21.6. The van der Waals surface area contributed by atoms with Gasteiger partial charge in [-0.3, -0.25) is 14.4 Å². The number of ketones is 1. The number of carbonyl (C=O) groups excluding carboxylic acids is 4. The largest absolute Gasteiger partial charge is 0.444 e. The Morgan fingerprint density at radius 2 is 1.62 bits per heavy atom. The molecule has 0 spiro atoms. The highest BCUT2D eigenvalue weighted by Crippen LogP contribution is 2.26. The Morgan fingerprint density at radius 1 is 1.06 bits per heavy atom. The molecule has 32 heavy (non-hydrogen) atoms. The highest BCUT2D eigenvalue weighted by atomic mass is 16.6. The van der Waals surface area contributed by atoms with Crippen molar-refractivity contribution in [2.75, 3.05) is 13.6 Å². The third-order valence-electron chi connectivity index (χ3n) is 5.48. The van der Waals surface area contributed by atoms with Crippen molar-refractivity contribution in [2.24, 2.45) is 11.3 Å². The molecule has 0 aliphatic carbocycles. The molecule has 1 rings (SSSR count). The summed E-state index contributed by atoms with van der Waals surface area (Å²) in [5.74, 6) is -0.315. The number of hydrogen-bond donors (Lipinski definition) is 1. The van der Waals surface area contributed by atoms with Crippen molar-refractivity contribution < 1.29 is 23.9 Å². The van der Waals surface area contributed by atoms with E-state index in [0.717, 1.165) is 0 Å². The predicted octanol–water partition coefficient (Wildman–Crippen LogP) is 3.38. The van der Waals surface area contributed by atoms with Gasteiger partial charge in [-0.15, -0.1) is 0 Å². The molecule has 0 aromatic heterocycles. The Morgan fingerprint density at radius 3 is 2.09 bits per heavy atom. The number of likely N-dealkylation sites (tertiary alicyclic amines) is 1. The standard InChI is InChI=1S/C24H43N3O5/c1-15(2)14-18(19(28)23(4,5)6)26(10)21(30)17-12-11-13-27(17)20(29)16(3)25-22(31)32-24(7,8)9/h15-18H,11-14H2,1-10H3,(H,25,31)/t16-,17?,18?/m0/s1. The Hall–Kier alpha value is -2.12. The summed E-state index contributed by atoms with van der Waals surface area (Å²) >= 11 is 0. The topological polar surface area (TPSA) is 96.0 Å². The van der Waals surface area contributed by atoms with Crippen molar-refractivity contribution >= 4 is 23.7 Å². The molecule has 1 saturated heterocycles. The second-order valence-electron chi connectivity index (χ2n) is 11.3. The van der Waals surface area contributed by atoms with E-state index in [1.54, 1.807) is 34.7 Å². The third kappa shape index (κ3) is 7.78. The number of carbonyl (C=O) groups is 4. The average molecular weight is 454 g/mol. The van der Waals surface area contributed by atoms with Gasteiger partial charge in [0.1, 0.15) is 17.7 Å². The molecule has 3 atom stereocenters. The molecular formula is C24H43N3O5. The zero-order chi connectivity index (χ0) is 25.0. The molecule has 0 aromatic rings. The lowest BCUT2D eigenvalue weighted by atomic mass is 9.83. The van der Waals surface area contributed by atoms with E-state index >= 15 is 0 Å². The van der Waals surface area contributed by atoms with Gasteiger partial charge in [0.15, 0.2) is 5.78 Å². The zero-order valence-corrected chi connectivity index (χ0v) is 21.6. The minimum Gasteiger partial charge on any atom is -0.444 e. The van der Waals surface area contributed by atoms with Crippen LogP contribution in [0.2, 0.25) is 0 Å². The highest BCUT2D eigenvalue weighted by molar-refractivity contribution is 5.96. The fraction of sp³-hybridized carbons (Fsp3) is 0.833. The number of rotatable bonds is 7. The van der Waals surface area contributed by atoms with E-state index in [1.807, 2.05) is 34.6 Å². The maximum absolute atomic E-state index is 13.4. The second kappa shape index (κ2) is 10.7. The molecular weight excluding hydrogens is 410 g/mol. The molecule has 1 fully saturated rings. The third-order valence-corrected chi connectivity index (χ3v) is 5.48. The van der Waals surface area contributed by atoms with Crippen molar-refractivity contribution in [2.45, 2.75) is 105 Å². The molecule has 1 aliphatic heterocycles. The number of ether oxygens (including phenoxy) is 1. The number of Topliss-reactive ketones (excluding diaryl/α,β-unsaturated/α-hetero) is 1. The van der Waals surface area contributed by atoms with Crippen molar-refractivity contribution in [3.8, 4) is 0 Å². The summed E-state index contributed by atoms with van der Waals surface area (Å²) in [7, 11) is 1.66. The first-order valence-corrected chi connectivity index (χ1v) is 11.6. The van der Waals surface area contributed by atoms with E-state index in [2.05, 4.69) is 5.32 Å². The summed E-state index contributed by atoms with van der Waals surface area (Å²) in [4.78, 5) is 54.6. The molecule has 2 unspecified atom stereocenters. The molecule has 3 amide bonds. The molecule has 1 N–H and O–H groups in total.